The van der Waals surface area contributed by atoms with Gasteiger partial charge in [0.25, 0.3) is 0 Å². The van der Waals surface area contributed by atoms with Gasteiger partial charge in [-0.25, -0.2) is 54.5 Å². The van der Waals surface area contributed by atoms with Crippen LogP contribution in [-0.2, 0) is 169 Å². The summed E-state index contributed by atoms with van der Waals surface area (Å²) in [6.07, 6.45) is -18.8. The Morgan fingerprint density at radius 2 is 0.578 bits per heavy atom. The highest BCUT2D eigenvalue weighted by Gasteiger charge is 2.63. The Kier molecular flexibility index (Phi) is 39.2. The van der Waals surface area contributed by atoms with Crippen molar-refractivity contribution in [2.75, 3.05) is 61.0 Å². The van der Waals surface area contributed by atoms with Crippen LogP contribution in [0.4, 0.5) is 0 Å². The fourth-order valence-electron chi connectivity index (χ4n) is 6.54. The molecular formula is C51H80O35P4. The van der Waals surface area contributed by atoms with Gasteiger partial charge in [0.2, 0.25) is 54.3 Å². The predicted octanol–water partition coefficient (Wildman–Crippen LogP) is 8.12. The third-order valence-electron chi connectivity index (χ3n) is 11.2. The Bertz CT molecular complexity index is 2500. The molecule has 0 saturated heterocycles. The van der Waals surface area contributed by atoms with E-state index in [1.807, 2.05) is 0 Å². The highest BCUT2D eigenvalue weighted by Crippen LogP contribution is 2.62. The van der Waals surface area contributed by atoms with Gasteiger partial charge < -0.3 is 47.4 Å². The second-order valence-electron chi connectivity index (χ2n) is 17.6. The number of rotatable bonds is 48. The van der Waals surface area contributed by atoms with E-state index >= 15 is 18.3 Å². The number of aryl methyl sites for hydroxylation is 1. The molecule has 0 aliphatic heterocycles. The lowest BCUT2D eigenvalue weighted by atomic mass is 9.84. The van der Waals surface area contributed by atoms with Crippen molar-refractivity contribution >= 4 is 85.0 Å². The number of benzene rings is 1. The molecule has 90 heavy (non-hydrogen) atoms. The summed E-state index contributed by atoms with van der Waals surface area (Å²) < 4.78 is 182. The molecular weight excluding hydrogens is 1300 g/mol. The first-order chi connectivity index (χ1) is 42.8. The average Bonchev–Trinajstić information content (AvgIpc) is 0.796. The summed E-state index contributed by atoms with van der Waals surface area (Å²) in [6, 6.07) is 8.67. The molecule has 1 aliphatic rings. The number of carbonyl (C=O) groups is 9. The third kappa shape index (κ3) is 31.4. The van der Waals surface area contributed by atoms with Gasteiger partial charge in [-0.15, -0.1) is 0 Å². The molecule has 0 radical (unpaired) electrons. The quantitative estimate of drug-likeness (QED) is 0.0195. The van der Waals surface area contributed by atoms with E-state index in [9.17, 15) is 43.2 Å². The Labute approximate surface area is 519 Å². The van der Waals surface area contributed by atoms with Gasteiger partial charge >= 0.3 is 85.0 Å². The van der Waals surface area contributed by atoms with Crippen molar-refractivity contribution in [1.29, 1.82) is 0 Å². The average molecular weight is 1380 g/mol. The van der Waals surface area contributed by atoms with Crippen molar-refractivity contribution in [1.82, 2.24) is 0 Å². The molecule has 0 bridgehead atoms. The Morgan fingerprint density at radius 3 is 0.822 bits per heavy atom. The fraction of sp³-hybridized carbons (Fsp3) is 0.706. The van der Waals surface area contributed by atoms with Gasteiger partial charge in [-0.05, 0) is 24.8 Å². The van der Waals surface area contributed by atoms with Crippen molar-refractivity contribution < 1.29 is 163 Å². The SMILES string of the molecule is CCCC(=O)O[C@H]1[C@@H](OCCCc2ccccc2)[C@H](OP(=O)(OCOC(=O)CC)OCOC(=O)CC)[C@@H](OP(=O)(OCOC(=O)CC)OCOC(=O)CC)[C@H](OP(=O)(OCOC(=O)CC)OCOC(=O)CC)[C@H]1OP(=O)(OCOC(=O)CC)OCOC(=O)CC. The van der Waals surface area contributed by atoms with Crippen LogP contribution in [0.3, 0.4) is 0 Å². The maximum atomic E-state index is 15.5. The number of esters is 9. The van der Waals surface area contributed by atoms with Crippen molar-refractivity contribution in [2.45, 2.75) is 176 Å². The zero-order valence-corrected chi connectivity index (χ0v) is 54.9. The van der Waals surface area contributed by atoms with Gasteiger partial charge in [0.1, 0.15) is 30.5 Å². The number of phosphoric ester groups is 4. The maximum Gasteiger partial charge on any atom is 0.481 e. The van der Waals surface area contributed by atoms with Crippen LogP contribution in [0.15, 0.2) is 30.3 Å². The molecule has 6 atom stereocenters. The lowest BCUT2D eigenvalue weighted by Crippen LogP contribution is -2.67. The van der Waals surface area contributed by atoms with E-state index in [1.165, 1.54) is 62.3 Å². The summed E-state index contributed by atoms with van der Waals surface area (Å²) in [5, 5.41) is 0. The molecule has 1 saturated carbocycles. The van der Waals surface area contributed by atoms with E-state index in [2.05, 4.69) is 0 Å². The highest BCUT2D eigenvalue weighted by molar-refractivity contribution is 7.49. The van der Waals surface area contributed by atoms with Gasteiger partial charge in [0, 0.05) is 64.4 Å². The molecule has 2 rings (SSSR count). The van der Waals surface area contributed by atoms with Gasteiger partial charge in [-0.1, -0.05) is 92.6 Å². The topological polar surface area (TPSA) is 425 Å². The van der Waals surface area contributed by atoms with Crippen LogP contribution in [-0.4, -0.2) is 151 Å². The first kappa shape index (κ1) is 80.9. The van der Waals surface area contributed by atoms with E-state index in [1.54, 1.807) is 30.3 Å². The summed E-state index contributed by atoms with van der Waals surface area (Å²) in [5.74, 6) is -9.08. The number of phosphoric acid groups is 4. The van der Waals surface area contributed by atoms with Gasteiger partial charge in [0.05, 0.1) is 0 Å². The van der Waals surface area contributed by atoms with Crippen LogP contribution in [0.5, 0.6) is 0 Å². The minimum absolute atomic E-state index is 0.000885. The normalized spacial score (nSPS) is 17.7. The number of ether oxygens (including phenoxy) is 10. The molecule has 0 aromatic heterocycles. The fourth-order valence-corrected chi connectivity index (χ4v) is 10.9. The summed E-state index contributed by atoms with van der Waals surface area (Å²) in [4.78, 5) is 114. The van der Waals surface area contributed by atoms with Gasteiger partial charge in [0.15, 0.2) is 6.10 Å². The van der Waals surface area contributed by atoms with Crippen molar-refractivity contribution in [3.8, 4) is 0 Å². The summed E-state index contributed by atoms with van der Waals surface area (Å²) in [5.41, 5.74) is 0.726. The lowest BCUT2D eigenvalue weighted by molar-refractivity contribution is -0.239. The molecule has 1 fully saturated rings. The minimum Gasteiger partial charge on any atom is -0.457 e. The summed E-state index contributed by atoms with van der Waals surface area (Å²) in [7, 11) is -23.3. The second-order valence-corrected chi connectivity index (χ2v) is 24.1. The lowest BCUT2D eigenvalue weighted by Gasteiger charge is -2.49. The molecule has 39 heteroatoms. The van der Waals surface area contributed by atoms with E-state index in [0.29, 0.717) is 0 Å². The van der Waals surface area contributed by atoms with Crippen molar-refractivity contribution in [3.63, 3.8) is 0 Å². The van der Waals surface area contributed by atoms with E-state index in [-0.39, 0.29) is 70.6 Å². The molecule has 1 aromatic carbocycles. The van der Waals surface area contributed by atoms with Crippen LogP contribution in [0.2, 0.25) is 0 Å². The molecule has 0 N–H and O–H groups in total. The van der Waals surface area contributed by atoms with Gasteiger partial charge in [-0.3, -0.25) is 61.2 Å². The molecule has 35 nitrogen and oxygen atoms in total. The molecule has 1 aliphatic carbocycles. The maximum absolute atomic E-state index is 15.5. The van der Waals surface area contributed by atoms with E-state index < -0.39 is 189 Å². The van der Waals surface area contributed by atoms with Crippen LogP contribution in [0, 0.1) is 0 Å². The third-order valence-corrected chi connectivity index (χ3v) is 16.6. The molecule has 0 amide bonds. The van der Waals surface area contributed by atoms with Crippen LogP contribution in [0.25, 0.3) is 0 Å². The van der Waals surface area contributed by atoms with E-state index in [0.717, 1.165) is 5.56 Å². The predicted molar refractivity (Wildman–Crippen MR) is 298 cm³/mol. The zero-order chi connectivity index (χ0) is 67.2. The number of hydrogen-bond acceptors (Lipinski definition) is 35. The second kappa shape index (κ2) is 43.6. The van der Waals surface area contributed by atoms with E-state index in [4.69, 9.17) is 102 Å². The smallest absolute Gasteiger partial charge is 0.457 e. The van der Waals surface area contributed by atoms with Crippen LogP contribution < -0.4 is 0 Å². The summed E-state index contributed by atoms with van der Waals surface area (Å²) in [6.45, 7) is 1.17. The van der Waals surface area contributed by atoms with Crippen molar-refractivity contribution in [2.24, 2.45) is 0 Å². The van der Waals surface area contributed by atoms with Crippen LogP contribution >= 0.6 is 31.3 Å². The molecule has 0 heterocycles. The molecule has 0 spiro atoms. The van der Waals surface area contributed by atoms with Crippen molar-refractivity contribution in [3.05, 3.63) is 35.9 Å². The molecule has 0 unspecified atom stereocenters. The zero-order valence-electron chi connectivity index (χ0n) is 51.3. The van der Waals surface area contributed by atoms with Crippen LogP contribution in [0.1, 0.15) is 139 Å². The molecule has 1 aromatic rings. The molecule has 514 valence electrons. The number of hydrogen-bond donors (Lipinski definition) is 0. The first-order valence-electron chi connectivity index (χ1n) is 28.2. The first-order valence-corrected chi connectivity index (χ1v) is 34.1. The minimum atomic E-state index is -5.89. The Balaban J connectivity index is 3.53. The van der Waals surface area contributed by atoms with Gasteiger partial charge in [-0.2, -0.15) is 0 Å². The standard InChI is InChI=1S/C51H80O35P4/c1-10-23-45(60)82-47-46(65-27-22-26-36-24-20-19-21-25-36)48(83-87(61,74-28-66-37(52)11-2)75-29-67-38(53)12-3)50(85-89(63,78-32-70-41(56)15-6)79-33-71-42(57)16-7)51(86-90(64,80-34-72-43(58)17-8)81-35-73-44(59)18-9)49(47)84-88(62,76-30-68-39(54)13-4)77-31-69-40(55)14-5/h19-21,24-25,46-51H,10-18,22-23,26-35H2,1-9H3/t46-,47+,48+,49+,50-,51-/m1/s1. The Morgan fingerprint density at radius 1 is 0.333 bits per heavy atom. The Hall–Kier alpha value is -5.15. The highest BCUT2D eigenvalue weighted by atomic mass is 31.2. The summed E-state index contributed by atoms with van der Waals surface area (Å²) >= 11 is 0. The number of carbonyl (C=O) groups excluding carboxylic acids is 9. The monoisotopic (exact) mass is 1380 g/mol. The largest absolute Gasteiger partial charge is 0.481 e.